The Balaban J connectivity index is 2.07. The quantitative estimate of drug-likeness (QED) is 0.786. The monoisotopic (exact) mass is 372 g/mol. The molecule has 136 valence electrons. The lowest BCUT2D eigenvalue weighted by Gasteiger charge is -2.13. The summed E-state index contributed by atoms with van der Waals surface area (Å²) in [6.07, 6.45) is 3.51. The first-order valence-electron chi connectivity index (χ1n) is 8.21. The van der Waals surface area contributed by atoms with Gasteiger partial charge in [-0.1, -0.05) is 17.7 Å². The van der Waals surface area contributed by atoms with Crippen molar-refractivity contribution in [3.8, 4) is 0 Å². The van der Waals surface area contributed by atoms with Crippen LogP contribution >= 0.6 is 11.6 Å². The van der Waals surface area contributed by atoms with Gasteiger partial charge < -0.3 is 16.0 Å². The largest absolute Gasteiger partial charge is 0.396 e. The predicted octanol–water partition coefficient (Wildman–Crippen LogP) is 2.32. The van der Waals surface area contributed by atoms with Crippen LogP contribution in [0.5, 0.6) is 0 Å². The first kappa shape index (κ1) is 18.2. The van der Waals surface area contributed by atoms with Crippen LogP contribution in [0.2, 0.25) is 0 Å². The van der Waals surface area contributed by atoms with Crippen LogP contribution in [0.25, 0.3) is 5.52 Å². The van der Waals surface area contributed by atoms with Gasteiger partial charge in [0.05, 0.1) is 16.9 Å². The Morgan fingerprint density at radius 2 is 2.15 bits per heavy atom. The number of Topliss-reactive ketones (excluding diaryl/α,β-unsaturated/α-hetero) is 1. The Kier molecular flexibility index (Phi) is 5.11. The molecule has 26 heavy (non-hydrogen) atoms. The molecule has 0 atom stereocenters. The average Bonchev–Trinajstić information content (AvgIpc) is 2.95. The second-order valence-electron chi connectivity index (χ2n) is 6.34. The molecule has 7 nitrogen and oxygen atoms in total. The fraction of sp³-hybridized carbons (Fsp3) is 0.278. The van der Waals surface area contributed by atoms with E-state index in [1.54, 1.807) is 17.5 Å². The molecule has 0 radical (unpaired) electrons. The van der Waals surface area contributed by atoms with E-state index >= 15 is 0 Å². The second-order valence-corrected chi connectivity index (χ2v) is 6.72. The van der Waals surface area contributed by atoms with Gasteiger partial charge in [0.25, 0.3) is 0 Å². The van der Waals surface area contributed by atoms with E-state index in [-0.39, 0.29) is 16.5 Å². The summed E-state index contributed by atoms with van der Waals surface area (Å²) in [5, 5.41) is 7.87. The van der Waals surface area contributed by atoms with Crippen molar-refractivity contribution in [3.63, 3.8) is 0 Å². The molecule has 2 aromatic heterocycles. The third-order valence-electron chi connectivity index (χ3n) is 4.02. The summed E-state index contributed by atoms with van der Waals surface area (Å²) in [6, 6.07) is 5.74. The third-order valence-corrected chi connectivity index (χ3v) is 4.40. The summed E-state index contributed by atoms with van der Waals surface area (Å²) in [5.74, 6) is 0.379. The van der Waals surface area contributed by atoms with E-state index in [9.17, 15) is 4.79 Å². The van der Waals surface area contributed by atoms with Gasteiger partial charge in [-0.05, 0) is 39.2 Å². The van der Waals surface area contributed by atoms with E-state index in [4.69, 9.17) is 17.3 Å². The average molecular weight is 373 g/mol. The van der Waals surface area contributed by atoms with E-state index in [0.717, 1.165) is 12.1 Å². The molecule has 0 spiro atoms. The molecule has 0 aliphatic heterocycles. The van der Waals surface area contributed by atoms with Gasteiger partial charge in [0.1, 0.15) is 10.7 Å². The Morgan fingerprint density at radius 1 is 1.38 bits per heavy atom. The van der Waals surface area contributed by atoms with E-state index in [0.29, 0.717) is 29.3 Å². The van der Waals surface area contributed by atoms with Crippen molar-refractivity contribution >= 4 is 40.1 Å². The number of aliphatic imine (C=N–C) groups is 1. The molecule has 8 heteroatoms. The number of hydrogen-bond donors (Lipinski definition) is 2. The number of nitrogens with zero attached hydrogens (tertiary/aromatic N) is 4. The fourth-order valence-electron chi connectivity index (χ4n) is 2.58. The third kappa shape index (κ3) is 3.49. The highest BCUT2D eigenvalue weighted by Gasteiger charge is 2.23. The number of carbonyl (C=O) groups excluding carboxylic acids is 1. The van der Waals surface area contributed by atoms with Crippen molar-refractivity contribution in [2.24, 2.45) is 10.7 Å². The number of pyridine rings is 1. The molecule has 2 aromatic rings. The molecule has 2 heterocycles. The zero-order valence-electron chi connectivity index (χ0n) is 15.0. The van der Waals surface area contributed by atoms with Crippen molar-refractivity contribution < 1.29 is 4.79 Å². The van der Waals surface area contributed by atoms with Crippen LogP contribution in [-0.2, 0) is 4.79 Å². The number of carbonyl (C=O) groups is 1. The molecule has 0 amide bonds. The number of rotatable bonds is 5. The normalized spacial score (nSPS) is 16.7. The van der Waals surface area contributed by atoms with Crippen LogP contribution in [0, 0.1) is 0 Å². The smallest absolute Gasteiger partial charge is 0.202 e. The van der Waals surface area contributed by atoms with Crippen molar-refractivity contribution in [1.29, 1.82) is 0 Å². The van der Waals surface area contributed by atoms with E-state index < -0.39 is 0 Å². The van der Waals surface area contributed by atoms with E-state index in [1.807, 2.05) is 38.5 Å². The van der Waals surface area contributed by atoms with Crippen LogP contribution < -0.4 is 11.1 Å². The van der Waals surface area contributed by atoms with Crippen LogP contribution in [0.4, 0.5) is 11.5 Å². The minimum absolute atomic E-state index is 0.00217. The maximum Gasteiger partial charge on any atom is 0.202 e. The van der Waals surface area contributed by atoms with Gasteiger partial charge in [-0.3, -0.25) is 4.79 Å². The van der Waals surface area contributed by atoms with Gasteiger partial charge in [-0.2, -0.15) is 0 Å². The SMILES string of the molecule is CC1=CC(=Nc2c(NCCN(C)C)nn3ccccc23)C(N)=C(Cl)C1=O. The highest BCUT2D eigenvalue weighted by molar-refractivity contribution is 6.49. The van der Waals surface area contributed by atoms with E-state index in [2.05, 4.69) is 20.3 Å². The number of nitrogens with one attached hydrogen (secondary N) is 1. The molecule has 1 aliphatic rings. The van der Waals surface area contributed by atoms with Crippen molar-refractivity contribution in [2.75, 3.05) is 32.5 Å². The van der Waals surface area contributed by atoms with Crippen LogP contribution in [0.3, 0.4) is 0 Å². The number of ketones is 1. The first-order chi connectivity index (χ1) is 12.4. The maximum atomic E-state index is 11.9. The van der Waals surface area contributed by atoms with Gasteiger partial charge in [-0.15, -0.1) is 5.10 Å². The van der Waals surface area contributed by atoms with Gasteiger partial charge in [0.15, 0.2) is 5.82 Å². The lowest BCUT2D eigenvalue weighted by molar-refractivity contribution is -0.111. The minimum Gasteiger partial charge on any atom is -0.396 e. The molecule has 0 aromatic carbocycles. The Labute approximate surface area is 156 Å². The van der Waals surface area contributed by atoms with Crippen molar-refractivity contribution in [3.05, 3.63) is 46.8 Å². The number of allylic oxidation sites excluding steroid dienone is 3. The van der Waals surface area contributed by atoms with E-state index in [1.165, 1.54) is 0 Å². The molecule has 0 unspecified atom stereocenters. The number of anilines is 1. The lowest BCUT2D eigenvalue weighted by atomic mass is 10.0. The van der Waals surface area contributed by atoms with Crippen molar-refractivity contribution in [2.45, 2.75) is 6.92 Å². The van der Waals surface area contributed by atoms with Gasteiger partial charge in [0.2, 0.25) is 5.78 Å². The number of halogens is 1. The topological polar surface area (TPSA) is 88.0 Å². The molecule has 0 saturated heterocycles. The highest BCUT2D eigenvalue weighted by atomic mass is 35.5. The lowest BCUT2D eigenvalue weighted by Crippen LogP contribution is -2.21. The van der Waals surface area contributed by atoms with Crippen molar-refractivity contribution in [1.82, 2.24) is 14.5 Å². The molecule has 3 rings (SSSR count). The highest BCUT2D eigenvalue weighted by Crippen LogP contribution is 2.31. The molecular weight excluding hydrogens is 352 g/mol. The fourth-order valence-corrected chi connectivity index (χ4v) is 2.83. The Bertz CT molecular complexity index is 954. The van der Waals surface area contributed by atoms with Gasteiger partial charge in [0, 0.05) is 24.9 Å². The minimum atomic E-state index is -0.271. The molecule has 3 N–H and O–H groups in total. The zero-order valence-corrected chi connectivity index (χ0v) is 15.7. The summed E-state index contributed by atoms with van der Waals surface area (Å²) >= 11 is 6.07. The Morgan fingerprint density at radius 3 is 2.88 bits per heavy atom. The van der Waals surface area contributed by atoms with Gasteiger partial charge in [-0.25, -0.2) is 9.51 Å². The number of nitrogens with two attached hydrogens (primary N) is 1. The molecule has 0 fully saturated rings. The number of likely N-dealkylation sites (N-methyl/N-ethyl adjacent to an activating group) is 1. The standard InChI is InChI=1S/C18H21ClN6O/c1-11-10-12(15(20)14(19)17(11)26)22-16-13-6-4-5-8-25(13)23-18(16)21-7-9-24(2)3/h4-6,8,10H,7,9,20H2,1-3H3,(H,21,23). The first-order valence-corrected chi connectivity index (χ1v) is 8.59. The molecule has 0 bridgehead atoms. The number of hydrogen-bond acceptors (Lipinski definition) is 6. The molecule has 0 saturated carbocycles. The summed E-state index contributed by atoms with van der Waals surface area (Å²) in [4.78, 5) is 18.7. The van der Waals surface area contributed by atoms with Crippen LogP contribution in [-0.4, -0.2) is 53.2 Å². The number of aromatic nitrogens is 2. The molecular formula is C18H21ClN6O. The second kappa shape index (κ2) is 7.31. The Hall–Kier alpha value is -2.64. The molecule has 1 aliphatic carbocycles. The zero-order chi connectivity index (χ0) is 18.8. The van der Waals surface area contributed by atoms with Crippen LogP contribution in [0.15, 0.2) is 51.8 Å². The van der Waals surface area contributed by atoms with Gasteiger partial charge >= 0.3 is 0 Å². The number of fused-ring (bicyclic) bond motifs is 1. The summed E-state index contributed by atoms with van der Waals surface area (Å²) in [5.41, 5.74) is 8.65. The predicted molar refractivity (Wildman–Crippen MR) is 105 cm³/mol. The summed E-state index contributed by atoms with van der Waals surface area (Å²) < 4.78 is 1.75. The summed E-state index contributed by atoms with van der Waals surface area (Å²) in [7, 11) is 4.01. The maximum absolute atomic E-state index is 11.9. The van der Waals surface area contributed by atoms with Crippen LogP contribution in [0.1, 0.15) is 6.92 Å². The summed E-state index contributed by atoms with van der Waals surface area (Å²) in [6.45, 7) is 3.26.